The second-order valence-corrected chi connectivity index (χ2v) is 7.21. The molecule has 136 valence electrons. The van der Waals surface area contributed by atoms with Crippen LogP contribution in [0.4, 0.5) is 0 Å². The van der Waals surface area contributed by atoms with Crippen molar-refractivity contribution in [3.63, 3.8) is 0 Å². The van der Waals surface area contributed by atoms with Crippen molar-refractivity contribution in [3.8, 4) is 0 Å². The molecule has 6 heteroatoms. The molecule has 6 nitrogen and oxygen atoms in total. The van der Waals surface area contributed by atoms with Gasteiger partial charge in [-0.15, -0.1) is 0 Å². The van der Waals surface area contributed by atoms with E-state index in [1.807, 2.05) is 4.90 Å². The Morgan fingerprint density at radius 3 is 2.33 bits per heavy atom. The van der Waals surface area contributed by atoms with Gasteiger partial charge in [-0.05, 0) is 38.0 Å². The quantitative estimate of drug-likeness (QED) is 0.834. The van der Waals surface area contributed by atoms with Crippen LogP contribution < -0.4 is 0 Å². The van der Waals surface area contributed by atoms with E-state index in [1.54, 1.807) is 0 Å². The lowest BCUT2D eigenvalue weighted by Crippen LogP contribution is -2.43. The molecular weight excluding hydrogens is 308 g/mol. The average molecular weight is 338 g/mol. The average Bonchev–Trinajstić information content (AvgIpc) is 2.79. The summed E-state index contributed by atoms with van der Waals surface area (Å²) in [5.74, 6) is -0.426. The van der Waals surface area contributed by atoms with Crippen LogP contribution in [0.15, 0.2) is 0 Å². The number of nitrogens with zero attached hydrogens (tertiary/aromatic N) is 2. The maximum absolute atomic E-state index is 12.6. The fraction of sp³-hybridized carbons (Fsp3) is 0.833. The minimum atomic E-state index is -0.986. The predicted octanol–water partition coefficient (Wildman–Crippen LogP) is 2.27. The van der Waals surface area contributed by atoms with Crippen LogP contribution in [0.2, 0.25) is 0 Å². The summed E-state index contributed by atoms with van der Waals surface area (Å²) in [5, 5.41) is 9.00. The number of carboxylic acids is 1. The molecule has 1 aliphatic heterocycles. The van der Waals surface area contributed by atoms with Crippen LogP contribution >= 0.6 is 0 Å². The zero-order valence-corrected chi connectivity index (χ0v) is 14.7. The van der Waals surface area contributed by atoms with Gasteiger partial charge in [-0.3, -0.25) is 14.4 Å². The minimum absolute atomic E-state index is 0.0777. The normalized spacial score (nSPS) is 22.7. The fourth-order valence-electron chi connectivity index (χ4n) is 4.05. The number of amides is 2. The fourth-order valence-corrected chi connectivity index (χ4v) is 4.05. The van der Waals surface area contributed by atoms with Gasteiger partial charge in [0, 0.05) is 32.5 Å². The molecule has 0 aromatic heterocycles. The topological polar surface area (TPSA) is 77.9 Å². The van der Waals surface area contributed by atoms with E-state index in [9.17, 15) is 14.4 Å². The molecule has 2 amide bonds. The Hall–Kier alpha value is -1.59. The highest BCUT2D eigenvalue weighted by molar-refractivity contribution is 5.80. The number of carboxylic acid groups (broad SMARTS) is 1. The molecule has 0 aromatic rings. The highest BCUT2D eigenvalue weighted by atomic mass is 16.4. The third-order valence-electron chi connectivity index (χ3n) is 5.39. The number of hydrogen-bond donors (Lipinski definition) is 1. The molecule has 1 saturated carbocycles. The Balaban J connectivity index is 1.87. The SMILES string of the molecule is CC(=O)N(CC(=O)O)C1CCCN(C(=O)CC2CCCCC2)CC1. The van der Waals surface area contributed by atoms with E-state index in [1.165, 1.54) is 43.9 Å². The number of rotatable bonds is 5. The monoisotopic (exact) mass is 338 g/mol. The standard InChI is InChI=1S/C18H30N2O4/c1-14(21)20(13-18(23)24)16-8-5-10-19(11-9-16)17(22)12-15-6-3-2-4-7-15/h15-16H,2-13H2,1H3,(H,23,24). The molecule has 2 aliphatic rings. The van der Waals surface area contributed by atoms with Crippen molar-refractivity contribution in [3.05, 3.63) is 0 Å². The summed E-state index contributed by atoms with van der Waals surface area (Å²) in [6, 6.07) is -0.0777. The number of carbonyl (C=O) groups is 3. The summed E-state index contributed by atoms with van der Waals surface area (Å²) in [6.07, 6.45) is 9.01. The third kappa shape index (κ3) is 5.49. The molecule has 2 rings (SSSR count). The van der Waals surface area contributed by atoms with E-state index in [2.05, 4.69) is 0 Å². The second-order valence-electron chi connectivity index (χ2n) is 7.21. The smallest absolute Gasteiger partial charge is 0.323 e. The first kappa shape index (κ1) is 18.7. The van der Waals surface area contributed by atoms with E-state index < -0.39 is 5.97 Å². The molecular formula is C18H30N2O4. The van der Waals surface area contributed by atoms with E-state index in [0.717, 1.165) is 19.4 Å². The number of aliphatic carboxylic acids is 1. The van der Waals surface area contributed by atoms with Crippen molar-refractivity contribution in [2.24, 2.45) is 5.92 Å². The summed E-state index contributed by atoms with van der Waals surface area (Å²) >= 11 is 0. The molecule has 0 aromatic carbocycles. The van der Waals surface area contributed by atoms with Gasteiger partial charge in [0.25, 0.3) is 0 Å². The van der Waals surface area contributed by atoms with E-state index >= 15 is 0 Å². The summed E-state index contributed by atoms with van der Waals surface area (Å²) < 4.78 is 0. The van der Waals surface area contributed by atoms with Crippen molar-refractivity contribution in [1.29, 1.82) is 0 Å². The first-order valence-electron chi connectivity index (χ1n) is 9.24. The third-order valence-corrected chi connectivity index (χ3v) is 5.39. The van der Waals surface area contributed by atoms with Crippen LogP contribution in [0.5, 0.6) is 0 Å². The molecule has 0 radical (unpaired) electrons. The molecule has 1 N–H and O–H groups in total. The number of carbonyl (C=O) groups excluding carboxylic acids is 2. The summed E-state index contributed by atoms with van der Waals surface area (Å²) in [6.45, 7) is 2.51. The van der Waals surface area contributed by atoms with Crippen LogP contribution in [0.3, 0.4) is 0 Å². The Labute approximate surface area is 144 Å². The molecule has 2 fully saturated rings. The number of likely N-dealkylation sites (tertiary alicyclic amines) is 1. The lowest BCUT2D eigenvalue weighted by molar-refractivity contribution is -0.145. The molecule has 1 saturated heterocycles. The lowest BCUT2D eigenvalue weighted by atomic mass is 9.86. The lowest BCUT2D eigenvalue weighted by Gasteiger charge is -2.29. The second kappa shape index (κ2) is 9.04. The van der Waals surface area contributed by atoms with Crippen molar-refractivity contribution in [1.82, 2.24) is 9.80 Å². The van der Waals surface area contributed by atoms with Gasteiger partial charge >= 0.3 is 5.97 Å². The highest BCUT2D eigenvalue weighted by Crippen LogP contribution is 2.27. The molecule has 1 unspecified atom stereocenters. The van der Waals surface area contributed by atoms with Gasteiger partial charge in [-0.2, -0.15) is 0 Å². The van der Waals surface area contributed by atoms with Gasteiger partial charge in [0.05, 0.1) is 0 Å². The van der Waals surface area contributed by atoms with E-state index in [0.29, 0.717) is 25.3 Å². The number of hydrogen-bond acceptors (Lipinski definition) is 3. The van der Waals surface area contributed by atoms with Crippen molar-refractivity contribution in [2.45, 2.75) is 70.8 Å². The largest absolute Gasteiger partial charge is 0.480 e. The molecule has 0 bridgehead atoms. The Morgan fingerprint density at radius 2 is 1.71 bits per heavy atom. The van der Waals surface area contributed by atoms with Crippen LogP contribution in [0.1, 0.15) is 64.7 Å². The van der Waals surface area contributed by atoms with E-state index in [-0.39, 0.29) is 24.4 Å². The zero-order valence-electron chi connectivity index (χ0n) is 14.7. The maximum atomic E-state index is 12.6. The summed E-state index contributed by atoms with van der Waals surface area (Å²) in [7, 11) is 0. The Kier molecular flexibility index (Phi) is 7.06. The summed E-state index contributed by atoms with van der Waals surface area (Å²) in [4.78, 5) is 38.7. The zero-order chi connectivity index (χ0) is 17.5. The van der Waals surface area contributed by atoms with Crippen LogP contribution in [0, 0.1) is 5.92 Å². The van der Waals surface area contributed by atoms with Crippen molar-refractivity contribution < 1.29 is 19.5 Å². The first-order chi connectivity index (χ1) is 11.5. The van der Waals surface area contributed by atoms with Gasteiger partial charge in [0.15, 0.2) is 0 Å². The van der Waals surface area contributed by atoms with Gasteiger partial charge in [-0.1, -0.05) is 19.3 Å². The van der Waals surface area contributed by atoms with Gasteiger partial charge in [0.1, 0.15) is 6.54 Å². The van der Waals surface area contributed by atoms with Crippen LogP contribution in [-0.2, 0) is 14.4 Å². The maximum Gasteiger partial charge on any atom is 0.323 e. The molecule has 1 heterocycles. The first-order valence-corrected chi connectivity index (χ1v) is 9.24. The van der Waals surface area contributed by atoms with Crippen LogP contribution in [-0.4, -0.2) is 58.4 Å². The molecule has 1 atom stereocenters. The predicted molar refractivity (Wildman–Crippen MR) is 90.4 cm³/mol. The van der Waals surface area contributed by atoms with Gasteiger partial charge < -0.3 is 14.9 Å². The Morgan fingerprint density at radius 1 is 1.00 bits per heavy atom. The molecule has 1 aliphatic carbocycles. The Bertz CT molecular complexity index is 460. The minimum Gasteiger partial charge on any atom is -0.480 e. The highest BCUT2D eigenvalue weighted by Gasteiger charge is 2.28. The van der Waals surface area contributed by atoms with Gasteiger partial charge in [0.2, 0.25) is 11.8 Å². The summed E-state index contributed by atoms with van der Waals surface area (Å²) in [5.41, 5.74) is 0. The van der Waals surface area contributed by atoms with E-state index in [4.69, 9.17) is 5.11 Å². The van der Waals surface area contributed by atoms with Crippen LogP contribution in [0.25, 0.3) is 0 Å². The van der Waals surface area contributed by atoms with Gasteiger partial charge in [-0.25, -0.2) is 0 Å². The molecule has 0 spiro atoms. The van der Waals surface area contributed by atoms with Crippen molar-refractivity contribution in [2.75, 3.05) is 19.6 Å². The molecule has 24 heavy (non-hydrogen) atoms. The van der Waals surface area contributed by atoms with Crippen molar-refractivity contribution >= 4 is 17.8 Å².